The van der Waals surface area contributed by atoms with E-state index in [1.165, 1.54) is 18.4 Å². The second kappa shape index (κ2) is 6.10. The van der Waals surface area contributed by atoms with E-state index in [-0.39, 0.29) is 0 Å². The minimum atomic E-state index is 0.338. The van der Waals surface area contributed by atoms with Crippen LogP contribution in [0.1, 0.15) is 57.1 Å². The summed E-state index contributed by atoms with van der Waals surface area (Å²) in [5.74, 6) is 2.02. The van der Waals surface area contributed by atoms with Crippen molar-refractivity contribution >= 4 is 0 Å². The Hall–Kier alpha value is -0.800. The van der Waals surface area contributed by atoms with Crippen molar-refractivity contribution < 1.29 is 9.15 Å². The number of furan rings is 1. The van der Waals surface area contributed by atoms with Crippen LogP contribution in [-0.2, 0) is 17.9 Å². The fourth-order valence-corrected chi connectivity index (χ4v) is 1.91. The number of ether oxygens (including phenoxy) is 1. The van der Waals surface area contributed by atoms with E-state index in [1.807, 2.05) is 6.92 Å². The quantitative estimate of drug-likeness (QED) is 0.762. The van der Waals surface area contributed by atoms with Crippen LogP contribution < -0.4 is 5.32 Å². The Labute approximate surface area is 116 Å². The zero-order chi connectivity index (χ0) is 13.9. The second-order valence-electron chi connectivity index (χ2n) is 6.81. The first kappa shape index (κ1) is 14.6. The molecule has 0 amide bonds. The minimum absolute atomic E-state index is 0.338. The van der Waals surface area contributed by atoms with Gasteiger partial charge in [0.15, 0.2) is 0 Å². The highest BCUT2D eigenvalue weighted by Gasteiger charge is 2.20. The molecule has 2 rings (SSSR count). The molecule has 3 nitrogen and oxygen atoms in total. The molecule has 108 valence electrons. The molecule has 1 aliphatic rings. The van der Waals surface area contributed by atoms with Gasteiger partial charge in [-0.15, -0.1) is 0 Å². The van der Waals surface area contributed by atoms with E-state index < -0.39 is 0 Å². The molecule has 0 saturated heterocycles. The highest BCUT2D eigenvalue weighted by molar-refractivity contribution is 5.20. The third-order valence-electron chi connectivity index (χ3n) is 3.47. The van der Waals surface area contributed by atoms with Crippen molar-refractivity contribution in [2.75, 3.05) is 6.61 Å². The van der Waals surface area contributed by atoms with E-state index in [2.05, 4.69) is 32.2 Å². The van der Waals surface area contributed by atoms with Gasteiger partial charge in [0.2, 0.25) is 0 Å². The fourth-order valence-electron chi connectivity index (χ4n) is 1.91. The number of rotatable bonds is 7. The van der Waals surface area contributed by atoms with Crippen molar-refractivity contribution in [3.63, 3.8) is 0 Å². The molecular formula is C16H27NO2. The SMILES string of the molecule is Cc1oc(CNC2CC2)cc1COCCC(C)(C)C. The van der Waals surface area contributed by atoms with Crippen molar-refractivity contribution in [3.8, 4) is 0 Å². The maximum atomic E-state index is 5.75. The van der Waals surface area contributed by atoms with Crippen LogP contribution in [0.4, 0.5) is 0 Å². The highest BCUT2D eigenvalue weighted by atomic mass is 16.5. The van der Waals surface area contributed by atoms with Crippen LogP contribution in [0.2, 0.25) is 0 Å². The van der Waals surface area contributed by atoms with E-state index in [4.69, 9.17) is 9.15 Å². The van der Waals surface area contributed by atoms with Crippen LogP contribution in [0.25, 0.3) is 0 Å². The molecule has 0 unspecified atom stereocenters. The van der Waals surface area contributed by atoms with Crippen LogP contribution in [-0.4, -0.2) is 12.6 Å². The Kier molecular flexibility index (Phi) is 4.69. The molecule has 1 N–H and O–H groups in total. The zero-order valence-corrected chi connectivity index (χ0v) is 12.7. The molecule has 0 aliphatic heterocycles. The second-order valence-corrected chi connectivity index (χ2v) is 6.81. The molecule has 0 radical (unpaired) electrons. The van der Waals surface area contributed by atoms with Crippen LogP contribution in [0.5, 0.6) is 0 Å². The first-order valence-electron chi connectivity index (χ1n) is 7.33. The number of hydrogen-bond acceptors (Lipinski definition) is 3. The first-order chi connectivity index (χ1) is 8.94. The third kappa shape index (κ3) is 5.37. The maximum absolute atomic E-state index is 5.75. The van der Waals surface area contributed by atoms with Gasteiger partial charge in [0.1, 0.15) is 11.5 Å². The predicted molar refractivity (Wildman–Crippen MR) is 77.0 cm³/mol. The Balaban J connectivity index is 1.73. The van der Waals surface area contributed by atoms with E-state index >= 15 is 0 Å². The number of aryl methyl sites for hydroxylation is 1. The van der Waals surface area contributed by atoms with Gasteiger partial charge in [-0.25, -0.2) is 0 Å². The molecule has 3 heteroatoms. The average Bonchev–Trinajstić information content (AvgIpc) is 3.06. The summed E-state index contributed by atoms with van der Waals surface area (Å²) >= 11 is 0. The van der Waals surface area contributed by atoms with Gasteiger partial charge in [-0.2, -0.15) is 0 Å². The van der Waals surface area contributed by atoms with Gasteiger partial charge in [-0.1, -0.05) is 20.8 Å². The van der Waals surface area contributed by atoms with Gasteiger partial charge in [0, 0.05) is 18.2 Å². The van der Waals surface area contributed by atoms with Crippen molar-refractivity contribution in [1.29, 1.82) is 0 Å². The summed E-state index contributed by atoms with van der Waals surface area (Å²) in [7, 11) is 0. The lowest BCUT2D eigenvalue weighted by Crippen LogP contribution is -2.14. The highest BCUT2D eigenvalue weighted by Crippen LogP contribution is 2.22. The zero-order valence-electron chi connectivity index (χ0n) is 12.7. The van der Waals surface area contributed by atoms with Gasteiger partial charge in [-0.3, -0.25) is 0 Å². The van der Waals surface area contributed by atoms with Gasteiger partial charge >= 0.3 is 0 Å². The normalized spacial score (nSPS) is 16.0. The molecule has 19 heavy (non-hydrogen) atoms. The van der Waals surface area contributed by atoms with E-state index in [1.54, 1.807) is 0 Å². The van der Waals surface area contributed by atoms with Crippen LogP contribution in [0.15, 0.2) is 10.5 Å². The van der Waals surface area contributed by atoms with Crippen molar-refractivity contribution in [2.45, 2.75) is 66.2 Å². The van der Waals surface area contributed by atoms with Crippen LogP contribution >= 0.6 is 0 Å². The monoisotopic (exact) mass is 265 g/mol. The Morgan fingerprint density at radius 3 is 2.74 bits per heavy atom. The number of hydrogen-bond donors (Lipinski definition) is 1. The third-order valence-corrected chi connectivity index (χ3v) is 3.47. The lowest BCUT2D eigenvalue weighted by Gasteiger charge is -2.17. The standard InChI is InChI=1S/C16H27NO2/c1-12-13(11-18-8-7-16(2,3)4)9-15(19-12)10-17-14-5-6-14/h9,14,17H,5-8,10-11H2,1-4H3. The molecule has 0 bridgehead atoms. The largest absolute Gasteiger partial charge is 0.465 e. The summed E-state index contributed by atoms with van der Waals surface area (Å²) < 4.78 is 11.5. The minimum Gasteiger partial charge on any atom is -0.465 e. The summed E-state index contributed by atoms with van der Waals surface area (Å²) in [5, 5.41) is 3.47. The molecular weight excluding hydrogens is 238 g/mol. The van der Waals surface area contributed by atoms with Crippen LogP contribution in [0, 0.1) is 12.3 Å². The van der Waals surface area contributed by atoms with Gasteiger partial charge < -0.3 is 14.5 Å². The van der Waals surface area contributed by atoms with Gasteiger partial charge in [0.25, 0.3) is 0 Å². The predicted octanol–water partition coefficient (Wildman–Crippen LogP) is 3.79. The van der Waals surface area contributed by atoms with E-state index in [9.17, 15) is 0 Å². The van der Waals surface area contributed by atoms with E-state index in [0.717, 1.165) is 37.1 Å². The molecule has 1 aromatic rings. The lowest BCUT2D eigenvalue weighted by molar-refractivity contribution is 0.0954. The van der Waals surface area contributed by atoms with Crippen LogP contribution in [0.3, 0.4) is 0 Å². The molecule has 1 fully saturated rings. The number of nitrogens with one attached hydrogen (secondary N) is 1. The van der Waals surface area contributed by atoms with Crippen molar-refractivity contribution in [1.82, 2.24) is 5.32 Å². The topological polar surface area (TPSA) is 34.4 Å². The molecule has 0 atom stereocenters. The molecule has 0 spiro atoms. The molecule has 0 aromatic carbocycles. The molecule has 1 aromatic heterocycles. The fraction of sp³-hybridized carbons (Fsp3) is 0.750. The van der Waals surface area contributed by atoms with Gasteiger partial charge in [0.05, 0.1) is 13.2 Å². The van der Waals surface area contributed by atoms with E-state index in [0.29, 0.717) is 12.0 Å². The molecule has 1 aliphatic carbocycles. The first-order valence-corrected chi connectivity index (χ1v) is 7.33. The lowest BCUT2D eigenvalue weighted by atomic mass is 9.93. The summed E-state index contributed by atoms with van der Waals surface area (Å²) in [6.45, 7) is 11.0. The Morgan fingerprint density at radius 1 is 1.37 bits per heavy atom. The van der Waals surface area contributed by atoms with Crippen molar-refractivity contribution in [2.24, 2.45) is 5.41 Å². The summed E-state index contributed by atoms with van der Waals surface area (Å²) in [4.78, 5) is 0. The Morgan fingerprint density at radius 2 is 2.11 bits per heavy atom. The molecule has 1 saturated carbocycles. The summed E-state index contributed by atoms with van der Waals surface area (Å²) in [6, 6.07) is 2.85. The maximum Gasteiger partial charge on any atom is 0.118 e. The summed E-state index contributed by atoms with van der Waals surface area (Å²) in [6.07, 6.45) is 3.70. The van der Waals surface area contributed by atoms with Crippen molar-refractivity contribution in [3.05, 3.63) is 23.2 Å². The smallest absolute Gasteiger partial charge is 0.118 e. The summed E-state index contributed by atoms with van der Waals surface area (Å²) in [5.41, 5.74) is 1.52. The average molecular weight is 265 g/mol. The van der Waals surface area contributed by atoms with Gasteiger partial charge in [-0.05, 0) is 37.7 Å². The molecule has 1 heterocycles. The Bertz CT molecular complexity index is 399.